The second-order valence-corrected chi connectivity index (χ2v) is 4.75. The molecule has 5 nitrogen and oxygen atoms in total. The predicted octanol–water partition coefficient (Wildman–Crippen LogP) is 2.69. The van der Waals surface area contributed by atoms with E-state index in [0.29, 0.717) is 11.5 Å². The highest BCUT2D eigenvalue weighted by Crippen LogP contribution is 2.23. The number of aliphatic hydroxyl groups is 1. The van der Waals surface area contributed by atoms with Gasteiger partial charge in [0.15, 0.2) is 5.60 Å². The van der Waals surface area contributed by atoms with E-state index in [9.17, 15) is 9.90 Å². The molecule has 0 aliphatic carbocycles. The summed E-state index contributed by atoms with van der Waals surface area (Å²) in [6, 6.07) is 16.0. The van der Waals surface area contributed by atoms with E-state index >= 15 is 0 Å². The first-order chi connectivity index (χ1) is 9.97. The van der Waals surface area contributed by atoms with Crippen LogP contribution < -0.4 is 9.47 Å². The van der Waals surface area contributed by atoms with Gasteiger partial charge in [0, 0.05) is 0 Å². The van der Waals surface area contributed by atoms with Gasteiger partial charge in [0.25, 0.3) is 0 Å². The molecule has 2 rings (SSSR count). The first kappa shape index (κ1) is 14.9. The van der Waals surface area contributed by atoms with Gasteiger partial charge in [0.2, 0.25) is 0 Å². The van der Waals surface area contributed by atoms with Gasteiger partial charge in [-0.15, -0.1) is 0 Å². The van der Waals surface area contributed by atoms with Crippen LogP contribution in [0.15, 0.2) is 54.6 Å². The molecule has 0 bridgehead atoms. The molecule has 110 valence electrons. The minimum Gasteiger partial charge on any atom is -0.490 e. The van der Waals surface area contributed by atoms with Crippen LogP contribution in [0.2, 0.25) is 0 Å². The van der Waals surface area contributed by atoms with E-state index in [2.05, 4.69) is 0 Å². The zero-order valence-electron chi connectivity index (χ0n) is 11.5. The average Bonchev–Trinajstić information content (AvgIpc) is 2.47. The summed E-state index contributed by atoms with van der Waals surface area (Å²) in [6.45, 7) is 0.851. The number of benzene rings is 2. The third-order valence-corrected chi connectivity index (χ3v) is 2.78. The first-order valence-electron chi connectivity index (χ1n) is 6.39. The first-order valence-corrected chi connectivity index (χ1v) is 6.39. The average molecular weight is 288 g/mol. The van der Waals surface area contributed by atoms with Gasteiger partial charge in [-0.05, 0) is 43.3 Å². The molecule has 0 amide bonds. The molecule has 1 unspecified atom stereocenters. The number of hydrogen-bond acceptors (Lipinski definition) is 4. The molecule has 0 heterocycles. The van der Waals surface area contributed by atoms with E-state index in [1.165, 1.54) is 6.92 Å². The van der Waals surface area contributed by atoms with Gasteiger partial charge in [0.05, 0.1) is 0 Å². The maximum Gasteiger partial charge on any atom is 0.339 e. The molecule has 0 aromatic heterocycles. The Morgan fingerprint density at radius 3 is 2.10 bits per heavy atom. The van der Waals surface area contributed by atoms with Crippen LogP contribution in [0.5, 0.6) is 17.2 Å². The minimum atomic E-state index is -1.92. The highest BCUT2D eigenvalue weighted by Gasteiger charge is 2.30. The zero-order valence-corrected chi connectivity index (χ0v) is 11.5. The van der Waals surface area contributed by atoms with E-state index in [-0.39, 0.29) is 6.61 Å². The molecule has 21 heavy (non-hydrogen) atoms. The van der Waals surface area contributed by atoms with Crippen molar-refractivity contribution in [1.29, 1.82) is 0 Å². The highest BCUT2D eigenvalue weighted by molar-refractivity contribution is 5.76. The lowest BCUT2D eigenvalue weighted by Crippen LogP contribution is -2.41. The third-order valence-electron chi connectivity index (χ3n) is 2.78. The normalized spacial score (nSPS) is 13.2. The molecule has 0 spiro atoms. The van der Waals surface area contributed by atoms with E-state index in [4.69, 9.17) is 14.6 Å². The summed E-state index contributed by atoms with van der Waals surface area (Å²) in [5.41, 5.74) is -1.92. The molecular formula is C16H16O5. The maximum absolute atomic E-state index is 10.7. The minimum absolute atomic E-state index is 0.332. The topological polar surface area (TPSA) is 76.0 Å². The van der Waals surface area contributed by atoms with Crippen molar-refractivity contribution in [3.8, 4) is 17.2 Å². The SMILES string of the molecule is CC(O)(COc1ccc(Oc2ccccc2)cc1)C(=O)O. The maximum atomic E-state index is 10.7. The van der Waals surface area contributed by atoms with Crippen molar-refractivity contribution in [2.45, 2.75) is 12.5 Å². The summed E-state index contributed by atoms with van der Waals surface area (Å²) in [6.07, 6.45) is 0. The van der Waals surface area contributed by atoms with Gasteiger partial charge in [-0.1, -0.05) is 18.2 Å². The molecule has 0 aliphatic heterocycles. The Labute approximate surface area is 122 Å². The lowest BCUT2D eigenvalue weighted by Gasteiger charge is -2.18. The van der Waals surface area contributed by atoms with Crippen LogP contribution in [0.3, 0.4) is 0 Å². The van der Waals surface area contributed by atoms with Crippen molar-refractivity contribution in [2.24, 2.45) is 0 Å². The Kier molecular flexibility index (Phi) is 4.45. The second-order valence-electron chi connectivity index (χ2n) is 4.75. The summed E-state index contributed by atoms with van der Waals surface area (Å²) in [5.74, 6) is 0.488. The number of ether oxygens (including phenoxy) is 2. The molecule has 2 aromatic carbocycles. The summed E-state index contributed by atoms with van der Waals surface area (Å²) in [7, 11) is 0. The monoisotopic (exact) mass is 288 g/mol. The van der Waals surface area contributed by atoms with Gasteiger partial charge in [-0.3, -0.25) is 0 Å². The van der Waals surface area contributed by atoms with Crippen LogP contribution in [0.4, 0.5) is 0 Å². The fraction of sp³-hybridized carbons (Fsp3) is 0.188. The molecule has 1 atom stereocenters. The number of rotatable bonds is 6. The molecule has 5 heteroatoms. The van der Waals surface area contributed by atoms with Crippen LogP contribution in [0.1, 0.15) is 6.92 Å². The summed E-state index contributed by atoms with van der Waals surface area (Å²) >= 11 is 0. The number of para-hydroxylation sites is 1. The van der Waals surface area contributed by atoms with Gasteiger partial charge in [-0.25, -0.2) is 4.79 Å². The van der Waals surface area contributed by atoms with Crippen LogP contribution in [0.25, 0.3) is 0 Å². The van der Waals surface area contributed by atoms with E-state index < -0.39 is 11.6 Å². The Bertz CT molecular complexity index is 590. The van der Waals surface area contributed by atoms with Crippen molar-refractivity contribution in [2.75, 3.05) is 6.61 Å². The van der Waals surface area contributed by atoms with Gasteiger partial charge >= 0.3 is 5.97 Å². The molecule has 0 aliphatic rings. The Balaban J connectivity index is 1.95. The second kappa shape index (κ2) is 6.28. The molecule has 2 aromatic rings. The van der Waals surface area contributed by atoms with E-state index in [0.717, 1.165) is 5.75 Å². The summed E-state index contributed by atoms with van der Waals surface area (Å²) in [5, 5.41) is 18.3. The lowest BCUT2D eigenvalue weighted by molar-refractivity contribution is -0.159. The Morgan fingerprint density at radius 2 is 1.52 bits per heavy atom. The van der Waals surface area contributed by atoms with Crippen LogP contribution in [0, 0.1) is 0 Å². The molecular weight excluding hydrogens is 272 g/mol. The smallest absolute Gasteiger partial charge is 0.339 e. The molecule has 0 fully saturated rings. The predicted molar refractivity (Wildman–Crippen MR) is 76.7 cm³/mol. The number of aliphatic carboxylic acids is 1. The quantitative estimate of drug-likeness (QED) is 0.854. The molecule has 0 radical (unpaired) electrons. The third kappa shape index (κ3) is 4.22. The van der Waals surface area contributed by atoms with Crippen LogP contribution in [-0.4, -0.2) is 28.4 Å². The molecule has 0 saturated carbocycles. The Hall–Kier alpha value is -2.53. The number of hydrogen-bond donors (Lipinski definition) is 2. The largest absolute Gasteiger partial charge is 0.490 e. The number of carboxylic acid groups (broad SMARTS) is 1. The van der Waals surface area contributed by atoms with Crippen molar-refractivity contribution in [3.05, 3.63) is 54.6 Å². The van der Waals surface area contributed by atoms with Crippen LogP contribution in [-0.2, 0) is 4.79 Å². The number of carboxylic acids is 1. The lowest BCUT2D eigenvalue weighted by atomic mass is 10.1. The van der Waals surface area contributed by atoms with Crippen LogP contribution >= 0.6 is 0 Å². The van der Waals surface area contributed by atoms with Gasteiger partial charge in [0.1, 0.15) is 23.9 Å². The highest BCUT2D eigenvalue weighted by atomic mass is 16.5. The Morgan fingerprint density at radius 1 is 1.00 bits per heavy atom. The zero-order chi connectivity index (χ0) is 15.3. The van der Waals surface area contributed by atoms with Gasteiger partial charge in [-0.2, -0.15) is 0 Å². The van der Waals surface area contributed by atoms with E-state index in [1.54, 1.807) is 24.3 Å². The van der Waals surface area contributed by atoms with Gasteiger partial charge < -0.3 is 19.7 Å². The fourth-order valence-corrected chi connectivity index (χ4v) is 1.51. The molecule has 2 N–H and O–H groups in total. The van der Waals surface area contributed by atoms with E-state index in [1.807, 2.05) is 30.3 Å². The molecule has 0 saturated heterocycles. The standard InChI is InChI=1S/C16H16O5/c1-16(19,15(17)18)11-20-12-7-9-14(10-8-12)21-13-5-3-2-4-6-13/h2-10,19H,11H2,1H3,(H,17,18). The summed E-state index contributed by atoms with van der Waals surface area (Å²) in [4.78, 5) is 10.7. The van der Waals surface area contributed by atoms with Crippen molar-refractivity contribution < 1.29 is 24.5 Å². The van der Waals surface area contributed by atoms with Crippen molar-refractivity contribution in [3.63, 3.8) is 0 Å². The fourth-order valence-electron chi connectivity index (χ4n) is 1.51. The van der Waals surface area contributed by atoms with Crippen molar-refractivity contribution >= 4 is 5.97 Å². The van der Waals surface area contributed by atoms with Crippen molar-refractivity contribution in [1.82, 2.24) is 0 Å². The number of carbonyl (C=O) groups is 1. The summed E-state index contributed by atoms with van der Waals surface area (Å²) < 4.78 is 10.9.